The Bertz CT molecular complexity index is 1440. The SMILES string of the molecule is COc1cc(F)c([C@@H]2CN(c3cncn(C4CCOCC4)c3=O)C(=O)[C@H]2NC(=O)c2ccc(Cl)cc2)c(F)c1. The fourth-order valence-corrected chi connectivity index (χ4v) is 5.18. The summed E-state index contributed by atoms with van der Waals surface area (Å²) >= 11 is 5.91. The molecule has 0 bridgehead atoms. The van der Waals surface area contributed by atoms with E-state index in [0.717, 1.165) is 17.0 Å². The van der Waals surface area contributed by atoms with Crippen LogP contribution in [0.3, 0.4) is 0 Å². The molecule has 2 saturated heterocycles. The number of rotatable bonds is 6. The van der Waals surface area contributed by atoms with Gasteiger partial charge in [-0.1, -0.05) is 11.6 Å². The number of hydrogen-bond acceptors (Lipinski definition) is 6. The van der Waals surface area contributed by atoms with E-state index in [4.69, 9.17) is 21.1 Å². The molecule has 0 saturated carbocycles. The Morgan fingerprint density at radius 1 is 1.13 bits per heavy atom. The van der Waals surface area contributed by atoms with Crippen molar-refractivity contribution in [1.82, 2.24) is 14.9 Å². The summed E-state index contributed by atoms with van der Waals surface area (Å²) in [6.07, 6.45) is 3.85. The van der Waals surface area contributed by atoms with E-state index in [1.807, 2.05) is 0 Å². The minimum atomic E-state index is -1.37. The van der Waals surface area contributed by atoms with Gasteiger partial charge < -0.3 is 19.7 Å². The van der Waals surface area contributed by atoms with Crippen molar-refractivity contribution in [3.8, 4) is 5.75 Å². The van der Waals surface area contributed by atoms with Crippen molar-refractivity contribution >= 4 is 29.1 Å². The second-order valence-electron chi connectivity index (χ2n) is 9.35. The van der Waals surface area contributed by atoms with Crippen molar-refractivity contribution in [1.29, 1.82) is 0 Å². The second kappa shape index (κ2) is 11.1. The van der Waals surface area contributed by atoms with Crippen molar-refractivity contribution in [3.63, 3.8) is 0 Å². The molecule has 3 heterocycles. The normalized spacial score (nSPS) is 19.8. The molecule has 2 aliphatic heterocycles. The quantitative estimate of drug-likeness (QED) is 0.497. The van der Waals surface area contributed by atoms with Crippen LogP contribution in [0.15, 0.2) is 53.7 Å². The first kappa shape index (κ1) is 26.8. The lowest BCUT2D eigenvalue weighted by molar-refractivity contribution is -0.118. The van der Waals surface area contributed by atoms with Gasteiger partial charge in [-0.2, -0.15) is 0 Å². The van der Waals surface area contributed by atoms with E-state index in [9.17, 15) is 14.4 Å². The van der Waals surface area contributed by atoms with Crippen LogP contribution in [0, 0.1) is 11.6 Å². The van der Waals surface area contributed by atoms with Gasteiger partial charge in [-0.15, -0.1) is 0 Å². The fraction of sp³-hybridized carbons (Fsp3) is 0.333. The number of carbonyl (C=O) groups excluding carboxylic acids is 2. The van der Waals surface area contributed by atoms with Crippen LogP contribution in [0.4, 0.5) is 14.5 Å². The van der Waals surface area contributed by atoms with E-state index < -0.39 is 46.5 Å². The summed E-state index contributed by atoms with van der Waals surface area (Å²) in [5, 5.41) is 3.02. The van der Waals surface area contributed by atoms with E-state index in [1.54, 1.807) is 0 Å². The first-order chi connectivity index (χ1) is 18.8. The van der Waals surface area contributed by atoms with Crippen molar-refractivity contribution in [2.24, 2.45) is 0 Å². The molecular weight excluding hydrogens is 534 g/mol. The maximum Gasteiger partial charge on any atom is 0.277 e. The monoisotopic (exact) mass is 558 g/mol. The zero-order valence-electron chi connectivity index (χ0n) is 20.9. The Morgan fingerprint density at radius 3 is 2.44 bits per heavy atom. The molecule has 9 nitrogen and oxygen atoms in total. The van der Waals surface area contributed by atoms with Crippen LogP contribution in [0.1, 0.15) is 40.7 Å². The molecule has 0 spiro atoms. The first-order valence-corrected chi connectivity index (χ1v) is 12.7. The summed E-state index contributed by atoms with van der Waals surface area (Å²) in [6, 6.07) is 6.42. The second-order valence-corrected chi connectivity index (χ2v) is 9.79. The van der Waals surface area contributed by atoms with Gasteiger partial charge in [0, 0.05) is 60.0 Å². The standard InChI is InChI=1S/C27H25ClF2N4O5/c1-38-18-10-20(29)23(21(30)11-18)19-13-33(22-12-31-14-34(26(22)36)17-6-8-39-9-7-17)27(37)24(19)32-25(35)15-2-4-16(28)5-3-15/h2-5,10-12,14,17,19,24H,6-9,13H2,1H3,(H,32,35)/t19-,24-/m0/s1. The molecule has 204 valence electrons. The van der Waals surface area contributed by atoms with Gasteiger partial charge in [0.1, 0.15) is 29.1 Å². The average Bonchev–Trinajstić information content (AvgIpc) is 3.24. The van der Waals surface area contributed by atoms with Crippen LogP contribution >= 0.6 is 11.6 Å². The molecule has 0 unspecified atom stereocenters. The van der Waals surface area contributed by atoms with Crippen molar-refractivity contribution in [3.05, 3.63) is 87.1 Å². The molecule has 2 aliphatic rings. The molecule has 2 atom stereocenters. The smallest absolute Gasteiger partial charge is 0.277 e. The Hall–Kier alpha value is -3.83. The van der Waals surface area contributed by atoms with Crippen LogP contribution in [0.25, 0.3) is 0 Å². The first-order valence-electron chi connectivity index (χ1n) is 12.3. The molecule has 2 amide bonds. The average molecular weight is 559 g/mol. The van der Waals surface area contributed by atoms with Crippen LogP contribution in [-0.4, -0.2) is 54.3 Å². The summed E-state index contributed by atoms with van der Waals surface area (Å²) in [5.41, 5.74) is -0.717. The number of ether oxygens (including phenoxy) is 2. The van der Waals surface area contributed by atoms with Crippen LogP contribution in [0.2, 0.25) is 5.02 Å². The molecule has 1 N–H and O–H groups in total. The third-order valence-corrected chi connectivity index (χ3v) is 7.33. The number of hydrogen-bond donors (Lipinski definition) is 1. The van der Waals surface area contributed by atoms with Crippen LogP contribution in [-0.2, 0) is 9.53 Å². The van der Waals surface area contributed by atoms with Gasteiger partial charge in [-0.3, -0.25) is 19.0 Å². The Balaban J connectivity index is 1.54. The molecule has 12 heteroatoms. The predicted molar refractivity (Wildman–Crippen MR) is 138 cm³/mol. The lowest BCUT2D eigenvalue weighted by Crippen LogP contribution is -2.45. The summed E-state index contributed by atoms with van der Waals surface area (Å²) in [4.78, 5) is 45.5. The molecule has 0 radical (unpaired) electrons. The Labute approximate surface area is 227 Å². The largest absolute Gasteiger partial charge is 0.497 e. The molecule has 1 aromatic heterocycles. The lowest BCUT2D eigenvalue weighted by Gasteiger charge is -2.25. The predicted octanol–water partition coefficient (Wildman–Crippen LogP) is 3.46. The molecule has 2 fully saturated rings. The van der Waals surface area contributed by atoms with Gasteiger partial charge in [-0.05, 0) is 37.1 Å². The molecule has 5 rings (SSSR count). The zero-order valence-corrected chi connectivity index (χ0v) is 21.7. The van der Waals surface area contributed by atoms with Gasteiger partial charge in [0.15, 0.2) is 0 Å². The van der Waals surface area contributed by atoms with Gasteiger partial charge in [0.05, 0.1) is 19.6 Å². The number of aromatic nitrogens is 2. The van der Waals surface area contributed by atoms with Gasteiger partial charge >= 0.3 is 0 Å². The third kappa shape index (κ3) is 5.24. The van der Waals surface area contributed by atoms with Crippen LogP contribution < -0.4 is 20.5 Å². The number of halogens is 3. The summed E-state index contributed by atoms with van der Waals surface area (Å²) in [5.74, 6) is -4.41. The maximum absolute atomic E-state index is 15.2. The van der Waals surface area contributed by atoms with E-state index in [-0.39, 0.29) is 29.6 Å². The third-order valence-electron chi connectivity index (χ3n) is 7.08. The number of amides is 2. The molecular formula is C27H25ClF2N4O5. The maximum atomic E-state index is 15.2. The van der Waals surface area contributed by atoms with Gasteiger partial charge in [0.25, 0.3) is 11.5 Å². The highest BCUT2D eigenvalue weighted by Crippen LogP contribution is 2.36. The number of methoxy groups -OCH3 is 1. The van der Waals surface area contributed by atoms with E-state index >= 15 is 8.78 Å². The highest BCUT2D eigenvalue weighted by Gasteiger charge is 2.46. The van der Waals surface area contributed by atoms with Crippen LogP contribution in [0.5, 0.6) is 5.75 Å². The van der Waals surface area contributed by atoms with Crippen molar-refractivity contribution < 1.29 is 27.8 Å². The highest BCUT2D eigenvalue weighted by atomic mass is 35.5. The Morgan fingerprint density at radius 2 is 1.79 bits per heavy atom. The number of nitrogens with zero attached hydrogens (tertiary/aromatic N) is 3. The molecule has 39 heavy (non-hydrogen) atoms. The highest BCUT2D eigenvalue weighted by molar-refractivity contribution is 6.30. The number of carbonyl (C=O) groups is 2. The van der Waals surface area contributed by atoms with E-state index in [1.165, 1.54) is 48.5 Å². The lowest BCUT2D eigenvalue weighted by atomic mass is 9.92. The topological polar surface area (TPSA) is 103 Å². The minimum absolute atomic E-state index is 0.0386. The summed E-state index contributed by atoms with van der Waals surface area (Å²) in [7, 11) is 1.27. The number of benzene rings is 2. The number of anilines is 1. The zero-order chi connectivity index (χ0) is 27.7. The molecule has 0 aliphatic carbocycles. The molecule has 2 aromatic carbocycles. The fourth-order valence-electron chi connectivity index (χ4n) is 5.05. The van der Waals surface area contributed by atoms with Gasteiger partial charge in [0.2, 0.25) is 5.91 Å². The van der Waals surface area contributed by atoms with Crippen molar-refractivity contribution in [2.45, 2.75) is 30.8 Å². The minimum Gasteiger partial charge on any atom is -0.497 e. The number of nitrogens with one attached hydrogen (secondary N) is 1. The Kier molecular flexibility index (Phi) is 7.62. The van der Waals surface area contributed by atoms with E-state index in [0.29, 0.717) is 31.1 Å². The van der Waals surface area contributed by atoms with Crippen molar-refractivity contribution in [2.75, 3.05) is 31.8 Å². The molecule has 3 aromatic rings. The van der Waals surface area contributed by atoms with Gasteiger partial charge in [-0.25, -0.2) is 13.8 Å². The summed E-state index contributed by atoms with van der Waals surface area (Å²) in [6.45, 7) is 0.709. The summed E-state index contributed by atoms with van der Waals surface area (Å²) < 4.78 is 42.2. The van der Waals surface area contributed by atoms with E-state index in [2.05, 4.69) is 10.3 Å².